The molecule has 0 aromatic heterocycles. The van der Waals surface area contributed by atoms with Gasteiger partial charge in [-0.25, -0.2) is 0 Å². The molecule has 1 rings (SSSR count). The van der Waals surface area contributed by atoms with Crippen LogP contribution in [-0.2, 0) is 9.53 Å². The van der Waals surface area contributed by atoms with Crippen molar-refractivity contribution < 1.29 is 9.53 Å². The highest BCUT2D eigenvalue weighted by Crippen LogP contribution is 2.20. The highest BCUT2D eigenvalue weighted by Gasteiger charge is 2.25. The van der Waals surface area contributed by atoms with E-state index < -0.39 is 0 Å². The normalized spacial score (nSPS) is 19.9. The number of carbonyl (C=O) groups excluding carboxylic acids is 1. The summed E-state index contributed by atoms with van der Waals surface area (Å²) in [6, 6.07) is 0.226. The molecule has 0 saturated carbocycles. The van der Waals surface area contributed by atoms with E-state index in [0.29, 0.717) is 18.3 Å². The number of amides is 1. The molecule has 0 aromatic rings. The Kier molecular flexibility index (Phi) is 5.77. The zero-order valence-electron chi connectivity index (χ0n) is 10.4. The summed E-state index contributed by atoms with van der Waals surface area (Å²) in [4.78, 5) is 11.0. The van der Waals surface area contributed by atoms with Crippen LogP contribution in [0.1, 0.15) is 33.1 Å². The molecule has 1 saturated heterocycles. The molecule has 1 amide bonds. The fourth-order valence-corrected chi connectivity index (χ4v) is 2.13. The van der Waals surface area contributed by atoms with Gasteiger partial charge in [-0.2, -0.15) is 0 Å². The van der Waals surface area contributed by atoms with Crippen molar-refractivity contribution in [2.75, 3.05) is 19.8 Å². The van der Waals surface area contributed by atoms with Crippen LogP contribution >= 0.6 is 0 Å². The minimum Gasteiger partial charge on any atom is -0.381 e. The molecule has 4 nitrogen and oxygen atoms in total. The molecule has 0 bridgehead atoms. The number of hydrogen-bond acceptors (Lipinski definition) is 3. The second-order valence-corrected chi connectivity index (χ2v) is 5.03. The van der Waals surface area contributed by atoms with Crippen molar-refractivity contribution in [3.63, 3.8) is 0 Å². The van der Waals surface area contributed by atoms with Gasteiger partial charge in [-0.15, -0.1) is 0 Å². The SMILES string of the molecule is CC(C)CNC(CC(N)=O)C1CCOCC1. The number of nitrogens with two attached hydrogens (primary N) is 1. The summed E-state index contributed by atoms with van der Waals surface area (Å²) in [6.45, 7) is 6.89. The van der Waals surface area contributed by atoms with Crippen LogP contribution in [-0.4, -0.2) is 31.7 Å². The molecular weight excluding hydrogens is 204 g/mol. The van der Waals surface area contributed by atoms with Crippen LogP contribution in [0.15, 0.2) is 0 Å². The number of carbonyl (C=O) groups is 1. The van der Waals surface area contributed by atoms with E-state index in [-0.39, 0.29) is 11.9 Å². The summed E-state index contributed by atoms with van der Waals surface area (Å²) >= 11 is 0. The zero-order valence-corrected chi connectivity index (χ0v) is 10.4. The van der Waals surface area contributed by atoms with Gasteiger partial charge in [-0.05, 0) is 31.2 Å². The fraction of sp³-hybridized carbons (Fsp3) is 0.917. The molecule has 0 aliphatic carbocycles. The predicted molar refractivity (Wildman–Crippen MR) is 64.0 cm³/mol. The molecule has 0 radical (unpaired) electrons. The Morgan fingerprint density at radius 2 is 2.06 bits per heavy atom. The third kappa shape index (κ3) is 4.94. The standard InChI is InChI=1S/C12H24N2O2/c1-9(2)8-14-11(7-12(13)15)10-3-5-16-6-4-10/h9-11,14H,3-8H2,1-2H3,(H2,13,15). The lowest BCUT2D eigenvalue weighted by Crippen LogP contribution is -2.43. The van der Waals surface area contributed by atoms with Crippen LogP contribution in [0.5, 0.6) is 0 Å². The third-order valence-electron chi connectivity index (χ3n) is 3.04. The number of nitrogens with one attached hydrogen (secondary N) is 1. The van der Waals surface area contributed by atoms with Crippen molar-refractivity contribution in [3.8, 4) is 0 Å². The minimum absolute atomic E-state index is 0.215. The van der Waals surface area contributed by atoms with Gasteiger partial charge in [0.05, 0.1) is 0 Å². The summed E-state index contributed by atoms with van der Waals surface area (Å²) in [5.74, 6) is 0.906. The summed E-state index contributed by atoms with van der Waals surface area (Å²) in [7, 11) is 0. The van der Waals surface area contributed by atoms with Gasteiger partial charge in [0.2, 0.25) is 5.91 Å². The smallest absolute Gasteiger partial charge is 0.218 e. The lowest BCUT2D eigenvalue weighted by atomic mass is 9.89. The summed E-state index contributed by atoms with van der Waals surface area (Å²) in [6.07, 6.45) is 2.50. The zero-order chi connectivity index (χ0) is 12.0. The van der Waals surface area contributed by atoms with Crippen molar-refractivity contribution >= 4 is 5.91 Å². The maximum absolute atomic E-state index is 11.0. The second kappa shape index (κ2) is 6.86. The van der Waals surface area contributed by atoms with Crippen LogP contribution in [0, 0.1) is 11.8 Å². The first-order valence-corrected chi connectivity index (χ1v) is 6.19. The lowest BCUT2D eigenvalue weighted by molar-refractivity contribution is -0.119. The van der Waals surface area contributed by atoms with E-state index in [0.717, 1.165) is 32.6 Å². The second-order valence-electron chi connectivity index (χ2n) is 5.03. The van der Waals surface area contributed by atoms with Crippen molar-refractivity contribution in [2.45, 2.75) is 39.2 Å². The average molecular weight is 228 g/mol. The summed E-state index contributed by atoms with van der Waals surface area (Å²) in [5, 5.41) is 3.46. The molecular formula is C12H24N2O2. The van der Waals surface area contributed by atoms with Crippen LogP contribution in [0.25, 0.3) is 0 Å². The number of ether oxygens (including phenoxy) is 1. The molecule has 0 aromatic carbocycles. The van der Waals surface area contributed by atoms with Gasteiger partial charge >= 0.3 is 0 Å². The third-order valence-corrected chi connectivity index (χ3v) is 3.04. The maximum atomic E-state index is 11.0. The molecule has 1 unspecified atom stereocenters. The molecule has 1 heterocycles. The van der Waals surface area contributed by atoms with Gasteiger partial charge in [0, 0.05) is 25.7 Å². The Morgan fingerprint density at radius 3 is 2.56 bits per heavy atom. The Bertz CT molecular complexity index is 213. The van der Waals surface area contributed by atoms with Crippen molar-refractivity contribution in [2.24, 2.45) is 17.6 Å². The molecule has 0 spiro atoms. The molecule has 94 valence electrons. The van der Waals surface area contributed by atoms with Crippen LogP contribution in [0.2, 0.25) is 0 Å². The van der Waals surface area contributed by atoms with Gasteiger partial charge in [-0.3, -0.25) is 4.79 Å². The molecule has 1 atom stereocenters. The summed E-state index contributed by atoms with van der Waals surface area (Å²) in [5.41, 5.74) is 5.30. The van der Waals surface area contributed by atoms with Crippen LogP contribution in [0.4, 0.5) is 0 Å². The molecule has 1 aliphatic rings. The Morgan fingerprint density at radius 1 is 1.44 bits per heavy atom. The van der Waals surface area contributed by atoms with E-state index in [1.807, 2.05) is 0 Å². The van der Waals surface area contributed by atoms with Gasteiger partial charge in [0.15, 0.2) is 0 Å². The van der Waals surface area contributed by atoms with Crippen LogP contribution < -0.4 is 11.1 Å². The van der Waals surface area contributed by atoms with Gasteiger partial charge < -0.3 is 15.8 Å². The van der Waals surface area contributed by atoms with Gasteiger partial charge in [0.1, 0.15) is 0 Å². The Balaban J connectivity index is 2.44. The average Bonchev–Trinajstić information content (AvgIpc) is 2.25. The topological polar surface area (TPSA) is 64.3 Å². The minimum atomic E-state index is -0.215. The highest BCUT2D eigenvalue weighted by atomic mass is 16.5. The van der Waals surface area contributed by atoms with Gasteiger partial charge in [0.25, 0.3) is 0 Å². The molecule has 1 aliphatic heterocycles. The molecule has 3 N–H and O–H groups in total. The molecule has 16 heavy (non-hydrogen) atoms. The van der Waals surface area contributed by atoms with E-state index in [9.17, 15) is 4.79 Å². The first-order valence-electron chi connectivity index (χ1n) is 6.19. The van der Waals surface area contributed by atoms with Crippen molar-refractivity contribution in [1.29, 1.82) is 0 Å². The first kappa shape index (κ1) is 13.5. The van der Waals surface area contributed by atoms with E-state index in [4.69, 9.17) is 10.5 Å². The lowest BCUT2D eigenvalue weighted by Gasteiger charge is -2.31. The summed E-state index contributed by atoms with van der Waals surface area (Å²) < 4.78 is 5.34. The maximum Gasteiger partial charge on any atom is 0.218 e. The van der Waals surface area contributed by atoms with E-state index in [2.05, 4.69) is 19.2 Å². The van der Waals surface area contributed by atoms with Crippen molar-refractivity contribution in [3.05, 3.63) is 0 Å². The quantitative estimate of drug-likeness (QED) is 0.710. The Hall–Kier alpha value is -0.610. The molecule has 1 fully saturated rings. The van der Waals surface area contributed by atoms with E-state index >= 15 is 0 Å². The van der Waals surface area contributed by atoms with Gasteiger partial charge in [-0.1, -0.05) is 13.8 Å². The monoisotopic (exact) mass is 228 g/mol. The van der Waals surface area contributed by atoms with E-state index in [1.165, 1.54) is 0 Å². The molecule has 4 heteroatoms. The fourth-order valence-electron chi connectivity index (χ4n) is 2.13. The largest absolute Gasteiger partial charge is 0.381 e. The number of rotatable bonds is 6. The van der Waals surface area contributed by atoms with E-state index in [1.54, 1.807) is 0 Å². The number of primary amides is 1. The van der Waals surface area contributed by atoms with Crippen molar-refractivity contribution in [1.82, 2.24) is 5.32 Å². The van der Waals surface area contributed by atoms with Crippen LogP contribution in [0.3, 0.4) is 0 Å². The number of hydrogen-bond donors (Lipinski definition) is 2. The predicted octanol–water partition coefficient (Wildman–Crippen LogP) is 0.903. The highest BCUT2D eigenvalue weighted by molar-refractivity contribution is 5.74. The first-order chi connectivity index (χ1) is 7.59. The Labute approximate surface area is 97.9 Å².